The number of carbonyl (C=O) groups is 2. The third-order valence-electron chi connectivity index (χ3n) is 4.12. The summed E-state index contributed by atoms with van der Waals surface area (Å²) in [6.45, 7) is 2.62. The van der Waals surface area contributed by atoms with Crippen LogP contribution in [-0.2, 0) is 11.2 Å². The summed E-state index contributed by atoms with van der Waals surface area (Å²) in [5.41, 5.74) is 2.25. The van der Waals surface area contributed by atoms with E-state index in [1.165, 1.54) is 0 Å². The summed E-state index contributed by atoms with van der Waals surface area (Å²) in [5.74, 6) is 0.0392. The van der Waals surface area contributed by atoms with Crippen LogP contribution in [0.3, 0.4) is 0 Å². The van der Waals surface area contributed by atoms with Gasteiger partial charge in [-0.15, -0.1) is 0 Å². The first-order valence-electron chi connectivity index (χ1n) is 8.19. The van der Waals surface area contributed by atoms with Crippen molar-refractivity contribution in [3.8, 4) is 0 Å². The summed E-state index contributed by atoms with van der Waals surface area (Å²) in [4.78, 5) is 25.9. The van der Waals surface area contributed by atoms with Crippen molar-refractivity contribution in [3.05, 3.63) is 65.9 Å². The monoisotopic (exact) mass is 336 g/mol. The van der Waals surface area contributed by atoms with Crippen LogP contribution in [0.25, 0.3) is 11.0 Å². The van der Waals surface area contributed by atoms with E-state index in [1.54, 1.807) is 30.1 Å². The van der Waals surface area contributed by atoms with Crippen molar-refractivity contribution >= 4 is 28.5 Å². The molecule has 1 N–H and O–H groups in total. The number of nitrogens with zero attached hydrogens (tertiary/aromatic N) is 1. The Bertz CT molecular complexity index is 864. The number of amides is 2. The van der Waals surface area contributed by atoms with Gasteiger partial charge in [0.15, 0.2) is 5.76 Å². The third kappa shape index (κ3) is 3.88. The first-order chi connectivity index (χ1) is 12.1. The summed E-state index contributed by atoms with van der Waals surface area (Å²) in [7, 11) is 1.78. The molecule has 0 aliphatic rings. The van der Waals surface area contributed by atoms with E-state index in [4.69, 9.17) is 4.42 Å². The molecule has 1 heterocycles. The van der Waals surface area contributed by atoms with Gasteiger partial charge in [0.05, 0.1) is 6.42 Å². The summed E-state index contributed by atoms with van der Waals surface area (Å²) >= 11 is 0. The quantitative estimate of drug-likeness (QED) is 0.772. The number of para-hydroxylation sites is 1. The second kappa shape index (κ2) is 7.21. The minimum absolute atomic E-state index is 0.0709. The second-order valence-electron chi connectivity index (χ2n) is 5.88. The highest BCUT2D eigenvalue weighted by atomic mass is 16.3. The predicted molar refractivity (Wildman–Crippen MR) is 97.6 cm³/mol. The molecule has 0 atom stereocenters. The van der Waals surface area contributed by atoms with Gasteiger partial charge < -0.3 is 14.6 Å². The first-order valence-corrected chi connectivity index (χ1v) is 8.19. The number of rotatable bonds is 5. The Morgan fingerprint density at radius 1 is 1.08 bits per heavy atom. The maximum Gasteiger partial charge on any atom is 0.291 e. The molecule has 5 nitrogen and oxygen atoms in total. The van der Waals surface area contributed by atoms with E-state index in [9.17, 15) is 9.59 Å². The Hall–Kier alpha value is -3.08. The van der Waals surface area contributed by atoms with Crippen LogP contribution in [0.2, 0.25) is 0 Å². The number of fused-ring (bicyclic) bond motifs is 1. The van der Waals surface area contributed by atoms with Crippen LogP contribution >= 0.6 is 0 Å². The first kappa shape index (κ1) is 16.8. The Morgan fingerprint density at radius 3 is 2.48 bits per heavy atom. The van der Waals surface area contributed by atoms with Crippen LogP contribution in [-0.4, -0.2) is 30.3 Å². The van der Waals surface area contributed by atoms with Crippen molar-refractivity contribution in [1.29, 1.82) is 0 Å². The maximum absolute atomic E-state index is 12.3. The molecule has 0 saturated heterocycles. The standard InChI is InChI=1S/C20H20N2O3/c1-3-22(2)19(23)12-14-8-10-16(11-9-14)21-20(24)18-13-15-6-4-5-7-17(15)25-18/h4-11,13H,3,12H2,1-2H3,(H,21,24). The molecule has 0 spiro atoms. The molecule has 3 rings (SSSR count). The molecule has 2 aromatic carbocycles. The smallest absolute Gasteiger partial charge is 0.291 e. The number of hydrogen-bond acceptors (Lipinski definition) is 3. The van der Waals surface area contributed by atoms with Crippen molar-refractivity contribution in [3.63, 3.8) is 0 Å². The number of hydrogen-bond donors (Lipinski definition) is 1. The zero-order valence-corrected chi connectivity index (χ0v) is 14.3. The van der Waals surface area contributed by atoms with E-state index in [0.29, 0.717) is 24.2 Å². The topological polar surface area (TPSA) is 62.6 Å². The van der Waals surface area contributed by atoms with Crippen molar-refractivity contribution in [2.24, 2.45) is 0 Å². The molecular formula is C20H20N2O3. The van der Waals surface area contributed by atoms with Crippen LogP contribution in [0.5, 0.6) is 0 Å². The van der Waals surface area contributed by atoms with E-state index in [-0.39, 0.29) is 17.6 Å². The van der Waals surface area contributed by atoms with Crippen molar-refractivity contribution in [1.82, 2.24) is 4.90 Å². The van der Waals surface area contributed by atoms with E-state index in [1.807, 2.05) is 43.3 Å². The lowest BCUT2D eigenvalue weighted by Crippen LogP contribution is -2.27. The number of nitrogens with one attached hydrogen (secondary N) is 1. The van der Waals surface area contributed by atoms with Gasteiger partial charge in [-0.05, 0) is 36.8 Å². The highest BCUT2D eigenvalue weighted by Gasteiger charge is 2.13. The van der Waals surface area contributed by atoms with Crippen LogP contribution in [0.1, 0.15) is 23.0 Å². The summed E-state index contributed by atoms with van der Waals surface area (Å²) in [6, 6.07) is 16.5. The molecule has 25 heavy (non-hydrogen) atoms. The third-order valence-corrected chi connectivity index (χ3v) is 4.12. The van der Waals surface area contributed by atoms with Gasteiger partial charge in [0.1, 0.15) is 5.58 Å². The zero-order chi connectivity index (χ0) is 17.8. The minimum Gasteiger partial charge on any atom is -0.451 e. The van der Waals surface area contributed by atoms with Gasteiger partial charge in [-0.3, -0.25) is 9.59 Å². The SMILES string of the molecule is CCN(C)C(=O)Cc1ccc(NC(=O)c2cc3ccccc3o2)cc1. The Morgan fingerprint density at radius 2 is 1.80 bits per heavy atom. The van der Waals surface area contributed by atoms with Gasteiger partial charge in [0.2, 0.25) is 5.91 Å². The highest BCUT2D eigenvalue weighted by molar-refractivity contribution is 6.04. The van der Waals surface area contributed by atoms with Crippen molar-refractivity contribution in [2.45, 2.75) is 13.3 Å². The molecule has 2 amide bonds. The lowest BCUT2D eigenvalue weighted by molar-refractivity contribution is -0.128. The largest absolute Gasteiger partial charge is 0.451 e. The van der Waals surface area contributed by atoms with Gasteiger partial charge >= 0.3 is 0 Å². The summed E-state index contributed by atoms with van der Waals surface area (Å²) in [6.07, 6.45) is 0.349. The zero-order valence-electron chi connectivity index (χ0n) is 14.3. The molecular weight excluding hydrogens is 316 g/mol. The van der Waals surface area contributed by atoms with Crippen LogP contribution in [0.4, 0.5) is 5.69 Å². The maximum atomic E-state index is 12.3. The summed E-state index contributed by atoms with van der Waals surface area (Å²) in [5, 5.41) is 3.70. The molecule has 0 aliphatic carbocycles. The van der Waals surface area contributed by atoms with E-state index in [2.05, 4.69) is 5.32 Å². The van der Waals surface area contributed by atoms with E-state index >= 15 is 0 Å². The molecule has 128 valence electrons. The lowest BCUT2D eigenvalue weighted by atomic mass is 10.1. The van der Waals surface area contributed by atoms with Crippen LogP contribution < -0.4 is 5.32 Å². The van der Waals surface area contributed by atoms with Crippen molar-refractivity contribution < 1.29 is 14.0 Å². The number of likely N-dealkylation sites (N-methyl/N-ethyl adjacent to an activating group) is 1. The average molecular weight is 336 g/mol. The normalized spacial score (nSPS) is 10.6. The summed E-state index contributed by atoms with van der Waals surface area (Å²) < 4.78 is 5.55. The van der Waals surface area contributed by atoms with Gasteiger partial charge in [-0.1, -0.05) is 30.3 Å². The van der Waals surface area contributed by atoms with E-state index < -0.39 is 0 Å². The molecule has 1 aromatic heterocycles. The number of carbonyl (C=O) groups excluding carboxylic acids is 2. The number of furan rings is 1. The molecule has 0 unspecified atom stereocenters. The molecule has 3 aromatic rings. The average Bonchev–Trinajstić information content (AvgIpc) is 3.07. The van der Waals surface area contributed by atoms with Gasteiger partial charge in [-0.2, -0.15) is 0 Å². The number of benzene rings is 2. The Balaban J connectivity index is 1.66. The molecule has 0 radical (unpaired) electrons. The molecule has 0 bridgehead atoms. The van der Waals surface area contributed by atoms with Gasteiger partial charge in [-0.25, -0.2) is 0 Å². The fraction of sp³-hybridized carbons (Fsp3) is 0.200. The fourth-order valence-electron chi connectivity index (χ4n) is 2.48. The Labute approximate surface area is 146 Å². The molecule has 0 saturated carbocycles. The van der Waals surface area contributed by atoms with Gasteiger partial charge in [0, 0.05) is 24.7 Å². The minimum atomic E-state index is -0.300. The molecule has 5 heteroatoms. The van der Waals surface area contributed by atoms with Crippen molar-refractivity contribution in [2.75, 3.05) is 18.9 Å². The highest BCUT2D eigenvalue weighted by Crippen LogP contribution is 2.20. The lowest BCUT2D eigenvalue weighted by Gasteiger charge is -2.14. The fourth-order valence-corrected chi connectivity index (χ4v) is 2.48. The van der Waals surface area contributed by atoms with Crippen LogP contribution in [0.15, 0.2) is 59.0 Å². The second-order valence-corrected chi connectivity index (χ2v) is 5.88. The Kier molecular flexibility index (Phi) is 4.84. The predicted octanol–water partition coefficient (Wildman–Crippen LogP) is 3.71. The number of anilines is 1. The van der Waals surface area contributed by atoms with Crippen LogP contribution in [0, 0.1) is 0 Å². The molecule has 0 fully saturated rings. The molecule has 0 aliphatic heterocycles. The van der Waals surface area contributed by atoms with E-state index in [0.717, 1.165) is 10.9 Å². The van der Waals surface area contributed by atoms with Gasteiger partial charge in [0.25, 0.3) is 5.91 Å².